The van der Waals surface area contributed by atoms with E-state index in [-0.39, 0.29) is 12.4 Å². The van der Waals surface area contributed by atoms with Gasteiger partial charge in [-0.05, 0) is 25.5 Å². The summed E-state index contributed by atoms with van der Waals surface area (Å²) in [5, 5.41) is 8.13. The fourth-order valence-corrected chi connectivity index (χ4v) is 1.56. The minimum absolute atomic E-state index is 0. The quantitative estimate of drug-likeness (QED) is 0.750. The van der Waals surface area contributed by atoms with E-state index >= 15 is 0 Å². The highest BCUT2D eigenvalue weighted by Crippen LogP contribution is 2.15. The Morgan fingerprint density at radius 2 is 2.21 bits per heavy atom. The monoisotopic (exact) mass is 214 g/mol. The van der Waals surface area contributed by atoms with Crippen molar-refractivity contribution in [2.75, 3.05) is 18.0 Å². The van der Waals surface area contributed by atoms with Gasteiger partial charge in [0.2, 0.25) is 0 Å². The second-order valence-electron chi connectivity index (χ2n) is 3.53. The molecule has 78 valence electrons. The van der Waals surface area contributed by atoms with E-state index in [1.54, 1.807) is 0 Å². The molecule has 1 aliphatic rings. The van der Waals surface area contributed by atoms with Crippen molar-refractivity contribution in [1.29, 1.82) is 0 Å². The Bertz CT molecular complexity index is 287. The molecule has 1 atom stereocenters. The van der Waals surface area contributed by atoms with Gasteiger partial charge in [-0.2, -0.15) is 5.10 Å². The first-order chi connectivity index (χ1) is 6.25. The van der Waals surface area contributed by atoms with Crippen LogP contribution in [0.1, 0.15) is 12.1 Å². The van der Waals surface area contributed by atoms with Crippen molar-refractivity contribution in [2.45, 2.75) is 19.4 Å². The molecule has 2 rings (SSSR count). The molecule has 1 aromatic rings. The Labute approximate surface area is 89.9 Å². The van der Waals surface area contributed by atoms with Crippen LogP contribution in [-0.4, -0.2) is 29.3 Å². The molecular weight excluding hydrogens is 200 g/mol. The van der Waals surface area contributed by atoms with Gasteiger partial charge in [0.1, 0.15) is 0 Å². The van der Waals surface area contributed by atoms with Gasteiger partial charge in [0.25, 0.3) is 0 Å². The molecule has 5 heteroatoms. The third-order valence-electron chi connectivity index (χ3n) is 2.33. The molecule has 0 amide bonds. The maximum Gasteiger partial charge on any atom is 0.151 e. The van der Waals surface area contributed by atoms with E-state index in [1.165, 1.54) is 0 Å². The van der Waals surface area contributed by atoms with Gasteiger partial charge in [-0.15, -0.1) is 17.5 Å². The minimum atomic E-state index is 0. The van der Waals surface area contributed by atoms with Gasteiger partial charge in [0.05, 0.1) is 5.69 Å². The van der Waals surface area contributed by atoms with Crippen LogP contribution in [0.15, 0.2) is 12.1 Å². The first kappa shape index (κ1) is 11.2. The number of nitrogens with two attached hydrogens (primary N) is 1. The summed E-state index contributed by atoms with van der Waals surface area (Å²) in [4.78, 5) is 2.18. The summed E-state index contributed by atoms with van der Waals surface area (Å²) in [7, 11) is 0. The molecule has 0 saturated carbocycles. The number of halogens is 1. The zero-order valence-electron chi connectivity index (χ0n) is 8.18. The second kappa shape index (κ2) is 4.57. The molecule has 0 bridgehead atoms. The molecule has 1 saturated heterocycles. The van der Waals surface area contributed by atoms with Crippen LogP contribution < -0.4 is 10.6 Å². The second-order valence-corrected chi connectivity index (χ2v) is 3.53. The summed E-state index contributed by atoms with van der Waals surface area (Å²) in [6.07, 6.45) is 1.05. The van der Waals surface area contributed by atoms with Gasteiger partial charge in [0, 0.05) is 19.1 Å². The van der Waals surface area contributed by atoms with Crippen LogP contribution in [0.5, 0.6) is 0 Å². The molecular formula is C9H15ClN4. The summed E-state index contributed by atoms with van der Waals surface area (Å²) in [6, 6.07) is 4.27. The minimum Gasteiger partial charge on any atom is -0.354 e. The lowest BCUT2D eigenvalue weighted by Crippen LogP contribution is -2.27. The first-order valence-corrected chi connectivity index (χ1v) is 4.56. The zero-order valence-corrected chi connectivity index (χ0v) is 9.00. The number of anilines is 1. The van der Waals surface area contributed by atoms with Gasteiger partial charge in [0.15, 0.2) is 5.82 Å². The van der Waals surface area contributed by atoms with Crippen LogP contribution in [0.2, 0.25) is 0 Å². The third-order valence-corrected chi connectivity index (χ3v) is 2.33. The van der Waals surface area contributed by atoms with Gasteiger partial charge < -0.3 is 10.6 Å². The number of nitrogens with zero attached hydrogens (tertiary/aromatic N) is 3. The fraction of sp³-hybridized carbons (Fsp3) is 0.556. The molecule has 1 aliphatic heterocycles. The number of hydrogen-bond donors (Lipinski definition) is 1. The van der Waals surface area contributed by atoms with E-state index in [0.29, 0.717) is 6.04 Å². The van der Waals surface area contributed by atoms with Crippen LogP contribution in [0.4, 0.5) is 5.82 Å². The zero-order chi connectivity index (χ0) is 9.26. The Morgan fingerprint density at radius 3 is 2.71 bits per heavy atom. The summed E-state index contributed by atoms with van der Waals surface area (Å²) >= 11 is 0. The Balaban J connectivity index is 0.000000980. The van der Waals surface area contributed by atoms with Gasteiger partial charge in [-0.3, -0.25) is 0 Å². The van der Waals surface area contributed by atoms with Gasteiger partial charge in [-0.25, -0.2) is 0 Å². The highest BCUT2D eigenvalue weighted by Gasteiger charge is 2.19. The molecule has 1 fully saturated rings. The number of aryl methyl sites for hydroxylation is 1. The van der Waals surface area contributed by atoms with E-state index in [0.717, 1.165) is 31.0 Å². The number of hydrogen-bond acceptors (Lipinski definition) is 4. The molecule has 1 aromatic heterocycles. The van der Waals surface area contributed by atoms with Crippen molar-refractivity contribution in [2.24, 2.45) is 5.73 Å². The van der Waals surface area contributed by atoms with Gasteiger partial charge in [-0.1, -0.05) is 0 Å². The molecule has 4 nitrogen and oxygen atoms in total. The highest BCUT2D eigenvalue weighted by atomic mass is 35.5. The standard InChI is InChI=1S/C9H14N4.ClH/c1-7-2-3-9(12-11-7)13-5-4-8(10)6-13;/h2-3,8H,4-6,10H2,1H3;1H/t8-;/m1./s1. The summed E-state index contributed by atoms with van der Waals surface area (Å²) in [6.45, 7) is 3.84. The molecule has 0 radical (unpaired) electrons. The lowest BCUT2D eigenvalue weighted by molar-refractivity contribution is 0.750. The Kier molecular flexibility index (Phi) is 3.66. The average molecular weight is 215 g/mol. The molecule has 2 N–H and O–H groups in total. The first-order valence-electron chi connectivity index (χ1n) is 4.56. The summed E-state index contributed by atoms with van der Waals surface area (Å²) in [5.41, 5.74) is 6.75. The largest absolute Gasteiger partial charge is 0.354 e. The van der Waals surface area contributed by atoms with Crippen LogP contribution >= 0.6 is 12.4 Å². The van der Waals surface area contributed by atoms with Crippen molar-refractivity contribution >= 4 is 18.2 Å². The van der Waals surface area contributed by atoms with Crippen LogP contribution in [-0.2, 0) is 0 Å². The molecule has 0 aromatic carbocycles. The van der Waals surface area contributed by atoms with E-state index < -0.39 is 0 Å². The SMILES string of the molecule is Cc1ccc(N2CC[C@@H](N)C2)nn1.Cl. The van der Waals surface area contributed by atoms with Crippen LogP contribution in [0.3, 0.4) is 0 Å². The van der Waals surface area contributed by atoms with Crippen molar-refractivity contribution in [1.82, 2.24) is 10.2 Å². The maximum absolute atomic E-state index is 5.80. The van der Waals surface area contributed by atoms with Crippen LogP contribution in [0, 0.1) is 6.92 Å². The Morgan fingerprint density at radius 1 is 1.43 bits per heavy atom. The highest BCUT2D eigenvalue weighted by molar-refractivity contribution is 5.85. The van der Waals surface area contributed by atoms with E-state index in [9.17, 15) is 0 Å². The van der Waals surface area contributed by atoms with E-state index in [1.807, 2.05) is 19.1 Å². The third kappa shape index (κ3) is 2.33. The topological polar surface area (TPSA) is 55.0 Å². The van der Waals surface area contributed by atoms with Crippen molar-refractivity contribution < 1.29 is 0 Å². The Hall–Kier alpha value is -0.870. The number of aromatic nitrogens is 2. The lowest BCUT2D eigenvalue weighted by atomic mass is 10.3. The molecule has 0 aliphatic carbocycles. The normalized spacial score (nSPS) is 20.7. The predicted octanol–water partition coefficient (Wildman–Crippen LogP) is 0.744. The summed E-state index contributed by atoms with van der Waals surface area (Å²) < 4.78 is 0. The summed E-state index contributed by atoms with van der Waals surface area (Å²) in [5.74, 6) is 0.943. The molecule has 2 heterocycles. The van der Waals surface area contributed by atoms with Crippen molar-refractivity contribution in [3.8, 4) is 0 Å². The fourth-order valence-electron chi connectivity index (χ4n) is 1.56. The van der Waals surface area contributed by atoms with E-state index in [4.69, 9.17) is 5.73 Å². The van der Waals surface area contributed by atoms with E-state index in [2.05, 4.69) is 15.1 Å². The lowest BCUT2D eigenvalue weighted by Gasteiger charge is -2.15. The maximum atomic E-state index is 5.80. The van der Waals surface area contributed by atoms with Crippen molar-refractivity contribution in [3.05, 3.63) is 17.8 Å². The smallest absolute Gasteiger partial charge is 0.151 e. The number of rotatable bonds is 1. The predicted molar refractivity (Wildman–Crippen MR) is 58.8 cm³/mol. The molecule has 14 heavy (non-hydrogen) atoms. The average Bonchev–Trinajstić information content (AvgIpc) is 2.53. The van der Waals surface area contributed by atoms with Crippen LogP contribution in [0.25, 0.3) is 0 Å². The van der Waals surface area contributed by atoms with Gasteiger partial charge >= 0.3 is 0 Å². The molecule has 0 spiro atoms. The molecule has 0 unspecified atom stereocenters. The van der Waals surface area contributed by atoms with Crippen molar-refractivity contribution in [3.63, 3.8) is 0 Å².